The van der Waals surface area contributed by atoms with E-state index in [0.29, 0.717) is 23.8 Å². The number of carbonyl (C=O) groups excluding carboxylic acids is 2. The van der Waals surface area contributed by atoms with E-state index in [9.17, 15) is 9.59 Å². The number of hydrogen-bond donors (Lipinski definition) is 2. The van der Waals surface area contributed by atoms with Gasteiger partial charge in [-0.1, -0.05) is 0 Å². The molecule has 0 bridgehead atoms. The maximum atomic E-state index is 12.1. The fourth-order valence-electron chi connectivity index (χ4n) is 2.19. The van der Waals surface area contributed by atoms with Gasteiger partial charge in [0.1, 0.15) is 6.04 Å². The lowest BCUT2D eigenvalue weighted by Crippen LogP contribution is -2.50. The highest BCUT2D eigenvalue weighted by molar-refractivity contribution is 7.13. The zero-order valence-corrected chi connectivity index (χ0v) is 10.8. The largest absolute Gasteiger partial charge is 0.375 e. The Balaban J connectivity index is 2.04. The monoisotopic (exact) mass is 268 g/mol. The van der Waals surface area contributed by atoms with Gasteiger partial charge in [-0.25, -0.2) is 4.98 Å². The molecule has 0 aromatic carbocycles. The number of rotatable bonds is 3. The van der Waals surface area contributed by atoms with E-state index >= 15 is 0 Å². The number of nitrogen functional groups attached to an aromatic ring is 1. The van der Waals surface area contributed by atoms with Gasteiger partial charge in [-0.15, -0.1) is 11.3 Å². The summed E-state index contributed by atoms with van der Waals surface area (Å²) < 4.78 is 0. The van der Waals surface area contributed by atoms with Gasteiger partial charge in [0.05, 0.1) is 12.1 Å². The highest BCUT2D eigenvalue weighted by Crippen LogP contribution is 2.19. The lowest BCUT2D eigenvalue weighted by Gasteiger charge is -2.33. The van der Waals surface area contributed by atoms with E-state index in [1.807, 2.05) is 0 Å². The Kier molecular flexibility index (Phi) is 3.81. The number of carbonyl (C=O) groups is 2. The van der Waals surface area contributed by atoms with Crippen LogP contribution in [-0.2, 0) is 16.0 Å². The van der Waals surface area contributed by atoms with Crippen LogP contribution < -0.4 is 11.5 Å². The summed E-state index contributed by atoms with van der Waals surface area (Å²) in [5.74, 6) is -0.537. The van der Waals surface area contributed by atoms with Gasteiger partial charge in [-0.05, 0) is 19.3 Å². The molecule has 2 rings (SSSR count). The van der Waals surface area contributed by atoms with Crippen LogP contribution in [0.25, 0.3) is 0 Å². The molecule has 98 valence electrons. The minimum Gasteiger partial charge on any atom is -0.375 e. The molecule has 4 N–H and O–H groups in total. The molecule has 1 saturated heterocycles. The Morgan fingerprint density at radius 2 is 2.28 bits per heavy atom. The zero-order chi connectivity index (χ0) is 13.1. The first-order chi connectivity index (χ1) is 8.58. The van der Waals surface area contributed by atoms with Gasteiger partial charge >= 0.3 is 0 Å². The molecule has 6 nitrogen and oxygen atoms in total. The molecular weight excluding hydrogens is 252 g/mol. The van der Waals surface area contributed by atoms with Crippen molar-refractivity contribution >= 4 is 28.3 Å². The summed E-state index contributed by atoms with van der Waals surface area (Å²) in [6, 6.07) is -0.470. The van der Waals surface area contributed by atoms with Crippen molar-refractivity contribution in [1.82, 2.24) is 9.88 Å². The molecule has 0 spiro atoms. The Bertz CT molecular complexity index is 460. The fraction of sp³-hybridized carbons (Fsp3) is 0.545. The van der Waals surface area contributed by atoms with Crippen LogP contribution >= 0.6 is 11.3 Å². The van der Waals surface area contributed by atoms with Crippen LogP contribution in [0, 0.1) is 0 Å². The highest BCUT2D eigenvalue weighted by atomic mass is 32.1. The van der Waals surface area contributed by atoms with Crippen molar-refractivity contribution in [3.63, 3.8) is 0 Å². The minimum atomic E-state index is -0.470. The van der Waals surface area contributed by atoms with E-state index in [1.165, 1.54) is 11.3 Å². The second-order valence-electron chi connectivity index (χ2n) is 4.35. The first-order valence-corrected chi connectivity index (χ1v) is 6.74. The van der Waals surface area contributed by atoms with Gasteiger partial charge < -0.3 is 16.4 Å². The van der Waals surface area contributed by atoms with Crippen molar-refractivity contribution in [3.05, 3.63) is 11.1 Å². The summed E-state index contributed by atoms with van der Waals surface area (Å²) >= 11 is 1.30. The number of nitrogens with two attached hydrogens (primary N) is 2. The summed E-state index contributed by atoms with van der Waals surface area (Å²) in [6.07, 6.45) is 2.67. The van der Waals surface area contributed by atoms with Crippen molar-refractivity contribution in [2.45, 2.75) is 31.7 Å². The molecule has 1 atom stereocenters. The van der Waals surface area contributed by atoms with Gasteiger partial charge in [-0.2, -0.15) is 0 Å². The maximum absolute atomic E-state index is 12.1. The standard InChI is InChI=1S/C11H16N4O2S/c12-10(17)8-3-1-2-4-15(8)9(16)5-7-6-18-11(13)14-7/h6,8H,1-5H2,(H2,12,17)(H2,13,14). The van der Waals surface area contributed by atoms with Gasteiger partial charge in [0.2, 0.25) is 11.8 Å². The topological polar surface area (TPSA) is 102 Å². The summed E-state index contributed by atoms with van der Waals surface area (Å²) in [4.78, 5) is 29.1. The Morgan fingerprint density at radius 1 is 1.50 bits per heavy atom. The molecule has 2 amide bonds. The number of piperidine rings is 1. The van der Waals surface area contributed by atoms with Gasteiger partial charge in [0.25, 0.3) is 0 Å². The Morgan fingerprint density at radius 3 is 2.89 bits per heavy atom. The number of anilines is 1. The molecular formula is C11H16N4O2S. The quantitative estimate of drug-likeness (QED) is 0.813. The average molecular weight is 268 g/mol. The van der Waals surface area contributed by atoms with Gasteiger partial charge in [-0.3, -0.25) is 9.59 Å². The van der Waals surface area contributed by atoms with Crippen molar-refractivity contribution in [2.75, 3.05) is 12.3 Å². The minimum absolute atomic E-state index is 0.108. The molecule has 7 heteroatoms. The zero-order valence-electron chi connectivity index (χ0n) is 9.96. The second kappa shape index (κ2) is 5.34. The van der Waals surface area contributed by atoms with E-state index in [-0.39, 0.29) is 12.3 Å². The van der Waals surface area contributed by atoms with Crippen LogP contribution in [0.1, 0.15) is 25.0 Å². The molecule has 1 unspecified atom stereocenters. The smallest absolute Gasteiger partial charge is 0.240 e. The summed E-state index contributed by atoms with van der Waals surface area (Å²) in [7, 11) is 0. The Hall–Kier alpha value is -1.63. The van der Waals surface area contributed by atoms with Crippen LogP contribution in [0.4, 0.5) is 5.13 Å². The molecule has 1 aliphatic heterocycles. The van der Waals surface area contributed by atoms with E-state index in [4.69, 9.17) is 11.5 Å². The van der Waals surface area contributed by atoms with Crippen molar-refractivity contribution in [3.8, 4) is 0 Å². The molecule has 1 aromatic heterocycles. The maximum Gasteiger partial charge on any atom is 0.240 e. The van der Waals surface area contributed by atoms with E-state index in [0.717, 1.165) is 12.8 Å². The van der Waals surface area contributed by atoms with E-state index in [2.05, 4.69) is 4.98 Å². The normalized spacial score (nSPS) is 19.8. The van der Waals surface area contributed by atoms with Crippen LogP contribution in [0.5, 0.6) is 0 Å². The molecule has 1 fully saturated rings. The van der Waals surface area contributed by atoms with Crippen LogP contribution in [-0.4, -0.2) is 34.3 Å². The first-order valence-electron chi connectivity index (χ1n) is 5.86. The number of likely N-dealkylation sites (tertiary alicyclic amines) is 1. The number of amides is 2. The summed E-state index contributed by atoms with van der Waals surface area (Å²) in [5, 5.41) is 2.21. The predicted molar refractivity (Wildman–Crippen MR) is 68.8 cm³/mol. The fourth-order valence-corrected chi connectivity index (χ4v) is 2.75. The van der Waals surface area contributed by atoms with Crippen LogP contribution in [0.2, 0.25) is 0 Å². The lowest BCUT2D eigenvalue weighted by atomic mass is 10.0. The first kappa shape index (κ1) is 12.8. The molecule has 0 radical (unpaired) electrons. The SMILES string of the molecule is NC(=O)C1CCCCN1C(=O)Cc1csc(N)n1. The van der Waals surface area contributed by atoms with Crippen molar-refractivity contribution < 1.29 is 9.59 Å². The number of aromatic nitrogens is 1. The highest BCUT2D eigenvalue weighted by Gasteiger charge is 2.30. The molecule has 0 aliphatic carbocycles. The average Bonchev–Trinajstić information content (AvgIpc) is 2.74. The van der Waals surface area contributed by atoms with Crippen LogP contribution in [0.3, 0.4) is 0 Å². The third-order valence-corrected chi connectivity index (χ3v) is 3.78. The second-order valence-corrected chi connectivity index (χ2v) is 5.24. The molecule has 1 aliphatic rings. The third-order valence-electron chi connectivity index (χ3n) is 3.05. The number of nitrogens with zero attached hydrogens (tertiary/aromatic N) is 2. The van der Waals surface area contributed by atoms with Crippen LogP contribution in [0.15, 0.2) is 5.38 Å². The summed E-state index contributed by atoms with van der Waals surface area (Å²) in [5.41, 5.74) is 11.5. The molecule has 0 saturated carbocycles. The van der Waals surface area contributed by atoms with E-state index in [1.54, 1.807) is 10.3 Å². The predicted octanol–water partition coefficient (Wildman–Crippen LogP) is 0.134. The molecule has 18 heavy (non-hydrogen) atoms. The lowest BCUT2D eigenvalue weighted by molar-refractivity contribution is -0.140. The van der Waals surface area contributed by atoms with Gasteiger partial charge in [0.15, 0.2) is 5.13 Å². The van der Waals surface area contributed by atoms with Gasteiger partial charge in [0, 0.05) is 11.9 Å². The van der Waals surface area contributed by atoms with Crippen molar-refractivity contribution in [2.24, 2.45) is 5.73 Å². The molecule has 1 aromatic rings. The van der Waals surface area contributed by atoms with Crippen molar-refractivity contribution in [1.29, 1.82) is 0 Å². The molecule has 2 heterocycles. The number of primary amides is 1. The summed E-state index contributed by atoms with van der Waals surface area (Å²) in [6.45, 7) is 0.589. The Labute approximate surface area is 109 Å². The number of hydrogen-bond acceptors (Lipinski definition) is 5. The number of thiazole rings is 1. The van der Waals surface area contributed by atoms with E-state index < -0.39 is 11.9 Å². The third kappa shape index (κ3) is 2.79.